The summed E-state index contributed by atoms with van der Waals surface area (Å²) in [5.41, 5.74) is 0.413. The topological polar surface area (TPSA) is 78.3 Å². The zero-order valence-corrected chi connectivity index (χ0v) is 16.8. The van der Waals surface area contributed by atoms with Crippen molar-refractivity contribution in [1.82, 2.24) is 14.8 Å². The van der Waals surface area contributed by atoms with Gasteiger partial charge in [-0.15, -0.1) is 16.4 Å². The van der Waals surface area contributed by atoms with Gasteiger partial charge in [-0.25, -0.2) is 0 Å². The molecule has 1 atom stereocenters. The number of anilines is 1. The van der Waals surface area contributed by atoms with E-state index in [0.29, 0.717) is 40.6 Å². The molecule has 0 aliphatic carbocycles. The van der Waals surface area contributed by atoms with E-state index in [2.05, 4.69) is 15.4 Å². The quantitative estimate of drug-likeness (QED) is 0.647. The van der Waals surface area contributed by atoms with E-state index in [9.17, 15) is 4.79 Å². The predicted octanol–water partition coefficient (Wildman–Crippen LogP) is 4.15. The lowest BCUT2D eigenvalue weighted by molar-refractivity contribution is 0.0930. The molecule has 9 heteroatoms. The molecule has 0 bridgehead atoms. The van der Waals surface area contributed by atoms with Crippen molar-refractivity contribution >= 4 is 34.8 Å². The highest BCUT2D eigenvalue weighted by Crippen LogP contribution is 2.28. The van der Waals surface area contributed by atoms with Gasteiger partial charge in [0.05, 0.1) is 23.6 Å². The second-order valence-electron chi connectivity index (χ2n) is 6.27. The summed E-state index contributed by atoms with van der Waals surface area (Å²) in [7, 11) is 1.53. The first-order valence-electron chi connectivity index (χ1n) is 8.90. The Morgan fingerprint density at radius 2 is 2.25 bits per heavy atom. The van der Waals surface area contributed by atoms with E-state index in [1.54, 1.807) is 18.2 Å². The minimum Gasteiger partial charge on any atom is -0.496 e. The smallest absolute Gasteiger partial charge is 0.285 e. The van der Waals surface area contributed by atoms with Gasteiger partial charge in [-0.1, -0.05) is 23.7 Å². The van der Waals surface area contributed by atoms with Crippen molar-refractivity contribution in [3.05, 3.63) is 57.0 Å². The van der Waals surface area contributed by atoms with Crippen molar-refractivity contribution in [2.24, 2.45) is 0 Å². The summed E-state index contributed by atoms with van der Waals surface area (Å²) >= 11 is 7.47. The molecule has 1 aromatic carbocycles. The van der Waals surface area contributed by atoms with E-state index in [-0.39, 0.29) is 12.0 Å². The van der Waals surface area contributed by atoms with Gasteiger partial charge in [-0.2, -0.15) is 9.67 Å². The number of methoxy groups -OCH3 is 1. The van der Waals surface area contributed by atoms with Gasteiger partial charge in [-0.05, 0) is 37.1 Å². The summed E-state index contributed by atoms with van der Waals surface area (Å²) < 4.78 is 13.0. The molecule has 0 amide bonds. The Kier molecular flexibility index (Phi) is 5.61. The maximum absolute atomic E-state index is 13.2. The number of benzene rings is 1. The third kappa shape index (κ3) is 3.89. The van der Waals surface area contributed by atoms with Crippen molar-refractivity contribution < 1.29 is 14.3 Å². The minimum absolute atomic E-state index is 0.191. The number of rotatable bonds is 6. The molecule has 1 N–H and O–H groups in total. The van der Waals surface area contributed by atoms with Crippen LogP contribution in [-0.2, 0) is 11.3 Å². The molecule has 0 spiro atoms. The second-order valence-corrected chi connectivity index (χ2v) is 8.07. The van der Waals surface area contributed by atoms with Crippen LogP contribution in [-0.4, -0.2) is 34.4 Å². The Hall–Kier alpha value is -2.42. The van der Waals surface area contributed by atoms with E-state index in [1.165, 1.54) is 23.1 Å². The molecule has 1 saturated heterocycles. The molecule has 146 valence electrons. The number of para-hydroxylation sites is 1. The van der Waals surface area contributed by atoms with Crippen LogP contribution in [0.2, 0.25) is 4.34 Å². The highest BCUT2D eigenvalue weighted by atomic mass is 35.5. The van der Waals surface area contributed by atoms with E-state index < -0.39 is 0 Å². The van der Waals surface area contributed by atoms with Gasteiger partial charge in [0.1, 0.15) is 11.9 Å². The average molecular weight is 419 g/mol. The number of thiophene rings is 1. The van der Waals surface area contributed by atoms with Gasteiger partial charge < -0.3 is 14.8 Å². The van der Waals surface area contributed by atoms with Gasteiger partial charge in [0.15, 0.2) is 5.82 Å². The van der Waals surface area contributed by atoms with Crippen molar-refractivity contribution in [2.45, 2.75) is 25.5 Å². The number of aromatic nitrogens is 3. The molecule has 1 fully saturated rings. The van der Waals surface area contributed by atoms with Crippen molar-refractivity contribution in [3.8, 4) is 5.75 Å². The number of carbonyl (C=O) groups is 1. The van der Waals surface area contributed by atoms with E-state index in [4.69, 9.17) is 21.1 Å². The zero-order chi connectivity index (χ0) is 19.5. The van der Waals surface area contributed by atoms with Crippen molar-refractivity contribution in [2.75, 3.05) is 19.0 Å². The molecule has 3 aromatic rings. The number of ether oxygens (including phenoxy) is 2. The Labute approximate surface area is 171 Å². The molecule has 1 aliphatic rings. The third-order valence-corrected chi connectivity index (χ3v) is 5.65. The Balaban J connectivity index is 1.66. The molecule has 28 heavy (non-hydrogen) atoms. The van der Waals surface area contributed by atoms with Gasteiger partial charge >= 0.3 is 0 Å². The summed E-state index contributed by atoms with van der Waals surface area (Å²) in [6, 6.07) is 10.8. The second kappa shape index (κ2) is 8.30. The molecule has 1 aliphatic heterocycles. The van der Waals surface area contributed by atoms with E-state index in [0.717, 1.165) is 17.7 Å². The standard InChI is InChI=1S/C19H19ClN4O3S/c1-26-14-6-3-2-5-13(14)18(25)24-19(21-11-12-8-9-16(20)28-12)22-17(23-24)15-7-4-10-27-15/h2-3,5-6,8-9,15H,4,7,10-11H2,1H3,(H,21,22,23). The van der Waals surface area contributed by atoms with Gasteiger partial charge in [0.2, 0.25) is 5.95 Å². The fourth-order valence-electron chi connectivity index (χ4n) is 3.05. The summed E-state index contributed by atoms with van der Waals surface area (Å²) in [5.74, 6) is 1.04. The Bertz CT molecular complexity index is 981. The maximum atomic E-state index is 13.2. The lowest BCUT2D eigenvalue weighted by Gasteiger charge is -2.09. The molecule has 0 saturated carbocycles. The average Bonchev–Trinajstić information content (AvgIpc) is 3.46. The molecule has 7 nitrogen and oxygen atoms in total. The largest absolute Gasteiger partial charge is 0.496 e. The minimum atomic E-state index is -0.319. The first-order chi connectivity index (χ1) is 13.7. The van der Waals surface area contributed by atoms with Crippen molar-refractivity contribution in [3.63, 3.8) is 0 Å². The van der Waals surface area contributed by atoms with Crippen LogP contribution in [0.15, 0.2) is 36.4 Å². The van der Waals surface area contributed by atoms with Crippen LogP contribution in [0.1, 0.15) is 40.0 Å². The van der Waals surface area contributed by atoms with Crippen LogP contribution in [0.5, 0.6) is 5.75 Å². The first kappa shape index (κ1) is 18.9. The fraction of sp³-hybridized carbons (Fsp3) is 0.316. The lowest BCUT2D eigenvalue weighted by atomic mass is 10.2. The van der Waals surface area contributed by atoms with Crippen LogP contribution < -0.4 is 10.1 Å². The van der Waals surface area contributed by atoms with E-state index >= 15 is 0 Å². The Morgan fingerprint density at radius 1 is 1.39 bits per heavy atom. The van der Waals surface area contributed by atoms with Gasteiger partial charge in [0.25, 0.3) is 5.91 Å². The number of nitrogens with zero attached hydrogens (tertiary/aromatic N) is 3. The number of hydrogen-bond donors (Lipinski definition) is 1. The summed E-state index contributed by atoms with van der Waals surface area (Å²) in [4.78, 5) is 18.7. The summed E-state index contributed by atoms with van der Waals surface area (Å²) in [5, 5.41) is 7.65. The van der Waals surface area contributed by atoms with Crippen molar-refractivity contribution in [1.29, 1.82) is 0 Å². The van der Waals surface area contributed by atoms with E-state index in [1.807, 2.05) is 18.2 Å². The number of carbonyl (C=O) groups excluding carboxylic acids is 1. The number of hydrogen-bond acceptors (Lipinski definition) is 7. The normalized spacial score (nSPS) is 16.3. The third-order valence-electron chi connectivity index (χ3n) is 4.42. The number of nitrogens with one attached hydrogen (secondary N) is 1. The van der Waals surface area contributed by atoms with Gasteiger partial charge in [0, 0.05) is 11.5 Å². The molecule has 2 aromatic heterocycles. The maximum Gasteiger partial charge on any atom is 0.285 e. The van der Waals surface area contributed by atoms with Crippen LogP contribution in [0.4, 0.5) is 5.95 Å². The van der Waals surface area contributed by atoms with Crippen LogP contribution in [0.3, 0.4) is 0 Å². The molecular weight excluding hydrogens is 400 g/mol. The summed E-state index contributed by atoms with van der Waals surface area (Å²) in [6.45, 7) is 1.16. The number of halogens is 1. The highest BCUT2D eigenvalue weighted by Gasteiger charge is 2.27. The molecule has 1 unspecified atom stereocenters. The molecule has 0 radical (unpaired) electrons. The zero-order valence-electron chi connectivity index (χ0n) is 15.2. The van der Waals surface area contributed by atoms with Crippen LogP contribution >= 0.6 is 22.9 Å². The molecule has 4 rings (SSSR count). The first-order valence-corrected chi connectivity index (χ1v) is 10.1. The van der Waals surface area contributed by atoms with Crippen LogP contribution in [0.25, 0.3) is 0 Å². The highest BCUT2D eigenvalue weighted by molar-refractivity contribution is 7.16. The lowest BCUT2D eigenvalue weighted by Crippen LogP contribution is -2.18. The van der Waals surface area contributed by atoms with Gasteiger partial charge in [-0.3, -0.25) is 4.79 Å². The molecule has 3 heterocycles. The van der Waals surface area contributed by atoms with Crippen LogP contribution in [0, 0.1) is 0 Å². The Morgan fingerprint density at radius 3 is 2.96 bits per heavy atom. The molecular formula is C19H19ClN4O3S. The fourth-order valence-corrected chi connectivity index (χ4v) is 4.08. The summed E-state index contributed by atoms with van der Waals surface area (Å²) in [6.07, 6.45) is 1.60. The SMILES string of the molecule is COc1ccccc1C(=O)n1nc(C2CCCO2)nc1NCc1ccc(Cl)s1. The predicted molar refractivity (Wildman–Crippen MR) is 107 cm³/mol. The monoisotopic (exact) mass is 418 g/mol.